The Morgan fingerprint density at radius 3 is 2.54 bits per heavy atom. The molecule has 1 saturated heterocycles. The summed E-state index contributed by atoms with van der Waals surface area (Å²) in [6, 6.07) is 2.66. The van der Waals surface area contributed by atoms with Crippen LogP contribution >= 0.6 is 11.8 Å². The maximum atomic E-state index is 12.7. The SMILES string of the molecule is COc1cc([N+](=O)[O-])c(C(=O)N2C[C@@H](C)[C@H](C(=O)O)C2)cc1SC. The van der Waals surface area contributed by atoms with Gasteiger partial charge >= 0.3 is 5.97 Å². The standard InChI is InChI=1S/C15H18N2O6S/c1-8-6-16(7-10(8)15(19)20)14(18)9-4-13(24-3)12(23-2)5-11(9)17(21)22/h4-5,8,10H,6-7H2,1-3H3,(H,19,20)/t8-,10-/m1/s1. The number of aliphatic carboxylic acids is 1. The zero-order valence-electron chi connectivity index (χ0n) is 13.5. The molecule has 1 fully saturated rings. The first-order valence-corrected chi connectivity index (χ1v) is 8.45. The Kier molecular flexibility index (Phi) is 5.33. The summed E-state index contributed by atoms with van der Waals surface area (Å²) in [6.45, 7) is 2.06. The average molecular weight is 354 g/mol. The lowest BCUT2D eigenvalue weighted by molar-refractivity contribution is -0.385. The number of carboxylic acid groups (broad SMARTS) is 1. The molecule has 1 aliphatic heterocycles. The molecule has 2 atom stereocenters. The Labute approximate surface area is 142 Å². The van der Waals surface area contributed by atoms with Crippen molar-refractivity contribution in [3.05, 3.63) is 27.8 Å². The summed E-state index contributed by atoms with van der Waals surface area (Å²) in [5.74, 6) is -2.04. The molecule has 0 saturated carbocycles. The van der Waals surface area contributed by atoms with Crippen LogP contribution in [0.2, 0.25) is 0 Å². The van der Waals surface area contributed by atoms with Crippen LogP contribution in [0.5, 0.6) is 5.75 Å². The first-order chi connectivity index (χ1) is 11.3. The fraction of sp³-hybridized carbons (Fsp3) is 0.467. The van der Waals surface area contributed by atoms with Gasteiger partial charge in [-0.05, 0) is 18.2 Å². The summed E-state index contributed by atoms with van der Waals surface area (Å²) in [5, 5.41) is 20.5. The van der Waals surface area contributed by atoms with Crippen LogP contribution in [-0.2, 0) is 4.79 Å². The van der Waals surface area contributed by atoms with E-state index in [1.165, 1.54) is 35.9 Å². The molecule has 0 unspecified atom stereocenters. The highest BCUT2D eigenvalue weighted by Gasteiger charge is 2.39. The number of benzene rings is 1. The number of thioether (sulfide) groups is 1. The van der Waals surface area contributed by atoms with Gasteiger partial charge in [0.25, 0.3) is 11.6 Å². The number of nitro benzene ring substituents is 1. The van der Waals surface area contributed by atoms with Crippen molar-refractivity contribution in [2.24, 2.45) is 11.8 Å². The summed E-state index contributed by atoms with van der Waals surface area (Å²) in [6.07, 6.45) is 1.77. The third-order valence-corrected chi connectivity index (χ3v) is 4.90. The van der Waals surface area contributed by atoms with Crippen molar-refractivity contribution in [2.75, 3.05) is 26.5 Å². The van der Waals surface area contributed by atoms with Gasteiger partial charge in [-0.1, -0.05) is 6.92 Å². The van der Waals surface area contributed by atoms with Gasteiger partial charge in [0.15, 0.2) is 0 Å². The van der Waals surface area contributed by atoms with Gasteiger partial charge in [0.2, 0.25) is 0 Å². The van der Waals surface area contributed by atoms with E-state index in [-0.39, 0.29) is 30.3 Å². The van der Waals surface area contributed by atoms with Gasteiger partial charge in [0, 0.05) is 13.1 Å². The van der Waals surface area contributed by atoms with Gasteiger partial charge in [0.1, 0.15) is 11.3 Å². The van der Waals surface area contributed by atoms with E-state index in [1.807, 2.05) is 0 Å². The van der Waals surface area contributed by atoms with Gasteiger partial charge in [-0.25, -0.2) is 0 Å². The summed E-state index contributed by atoms with van der Waals surface area (Å²) < 4.78 is 5.12. The second kappa shape index (κ2) is 7.08. The number of carboxylic acids is 1. The molecule has 8 nitrogen and oxygen atoms in total. The largest absolute Gasteiger partial charge is 0.495 e. The number of hydrogen-bond acceptors (Lipinski definition) is 6. The molecule has 1 amide bonds. The van der Waals surface area contributed by atoms with Crippen LogP contribution < -0.4 is 4.74 Å². The molecule has 9 heteroatoms. The average Bonchev–Trinajstić information content (AvgIpc) is 2.94. The van der Waals surface area contributed by atoms with Crippen molar-refractivity contribution in [3.8, 4) is 5.75 Å². The van der Waals surface area contributed by atoms with Crippen LogP contribution in [0.15, 0.2) is 17.0 Å². The van der Waals surface area contributed by atoms with Crippen LogP contribution in [0, 0.1) is 22.0 Å². The highest BCUT2D eigenvalue weighted by molar-refractivity contribution is 7.98. The van der Waals surface area contributed by atoms with Crippen LogP contribution in [0.3, 0.4) is 0 Å². The third-order valence-electron chi connectivity index (χ3n) is 4.15. The van der Waals surface area contributed by atoms with Gasteiger partial charge in [-0.3, -0.25) is 19.7 Å². The van der Waals surface area contributed by atoms with Crippen LogP contribution in [0.1, 0.15) is 17.3 Å². The molecule has 0 aliphatic carbocycles. The van der Waals surface area contributed by atoms with Gasteiger partial charge in [-0.2, -0.15) is 0 Å². The number of carbonyl (C=O) groups excluding carboxylic acids is 1. The zero-order chi connectivity index (χ0) is 18.0. The Morgan fingerprint density at radius 2 is 2.08 bits per heavy atom. The number of hydrogen-bond donors (Lipinski definition) is 1. The van der Waals surface area contributed by atoms with Gasteiger partial charge in [0.05, 0.1) is 28.9 Å². The number of amides is 1. The monoisotopic (exact) mass is 354 g/mol. The lowest BCUT2D eigenvalue weighted by atomic mass is 9.99. The van der Waals surface area contributed by atoms with E-state index in [0.29, 0.717) is 10.6 Å². The van der Waals surface area contributed by atoms with Crippen molar-refractivity contribution >= 4 is 29.3 Å². The summed E-state index contributed by atoms with van der Waals surface area (Å²) in [7, 11) is 1.40. The van der Waals surface area contributed by atoms with E-state index in [0.717, 1.165) is 0 Å². The quantitative estimate of drug-likeness (QED) is 0.490. The lowest BCUT2D eigenvalue weighted by Gasteiger charge is -2.17. The first-order valence-electron chi connectivity index (χ1n) is 7.22. The Morgan fingerprint density at radius 1 is 1.42 bits per heavy atom. The van der Waals surface area contributed by atoms with E-state index in [9.17, 15) is 24.8 Å². The first kappa shape index (κ1) is 18.1. The van der Waals surface area contributed by atoms with E-state index in [4.69, 9.17) is 4.74 Å². The maximum Gasteiger partial charge on any atom is 0.308 e. The minimum atomic E-state index is -0.966. The Hall–Kier alpha value is -2.29. The highest BCUT2D eigenvalue weighted by atomic mass is 32.2. The predicted molar refractivity (Wildman–Crippen MR) is 87.6 cm³/mol. The molecular weight excluding hydrogens is 336 g/mol. The fourth-order valence-corrected chi connectivity index (χ4v) is 3.39. The topological polar surface area (TPSA) is 110 Å². The minimum absolute atomic E-state index is 0.0487. The maximum absolute atomic E-state index is 12.7. The second-order valence-corrected chi connectivity index (χ2v) is 6.46. The molecule has 1 aromatic carbocycles. The molecule has 0 radical (unpaired) electrons. The zero-order valence-corrected chi connectivity index (χ0v) is 14.3. The van der Waals surface area contributed by atoms with Gasteiger partial charge in [-0.15, -0.1) is 11.8 Å². The van der Waals surface area contributed by atoms with Crippen molar-refractivity contribution in [3.63, 3.8) is 0 Å². The number of nitrogens with zero attached hydrogens (tertiary/aromatic N) is 2. The van der Waals surface area contributed by atoms with Crippen LogP contribution in [0.4, 0.5) is 5.69 Å². The second-order valence-electron chi connectivity index (χ2n) is 5.61. The van der Waals surface area contributed by atoms with Gasteiger partial charge < -0.3 is 14.7 Å². The van der Waals surface area contributed by atoms with Crippen LogP contribution in [-0.4, -0.2) is 53.3 Å². The molecule has 0 aromatic heterocycles. The van der Waals surface area contributed by atoms with Crippen molar-refractivity contribution in [1.82, 2.24) is 4.90 Å². The van der Waals surface area contributed by atoms with Crippen molar-refractivity contribution in [2.45, 2.75) is 11.8 Å². The molecule has 1 aliphatic rings. The highest BCUT2D eigenvalue weighted by Crippen LogP contribution is 2.36. The number of nitro groups is 1. The van der Waals surface area contributed by atoms with E-state index in [1.54, 1.807) is 13.2 Å². The van der Waals surface area contributed by atoms with Crippen molar-refractivity contribution < 1.29 is 24.4 Å². The predicted octanol–water partition coefficient (Wildman–Crippen LogP) is 2.12. The molecule has 24 heavy (non-hydrogen) atoms. The summed E-state index contributed by atoms with van der Waals surface area (Å²) in [4.78, 5) is 36.6. The third kappa shape index (κ3) is 3.30. The molecule has 1 N–H and O–H groups in total. The summed E-state index contributed by atoms with van der Waals surface area (Å²) >= 11 is 1.31. The normalized spacial score (nSPS) is 20.0. The summed E-state index contributed by atoms with van der Waals surface area (Å²) in [5.41, 5.74) is -0.399. The number of likely N-dealkylation sites (tertiary alicyclic amines) is 1. The number of ether oxygens (including phenoxy) is 1. The molecule has 0 bridgehead atoms. The molecule has 0 spiro atoms. The molecule has 2 rings (SSSR count). The van der Waals surface area contributed by atoms with Crippen molar-refractivity contribution in [1.29, 1.82) is 0 Å². The number of carbonyl (C=O) groups is 2. The van der Waals surface area contributed by atoms with E-state index >= 15 is 0 Å². The lowest BCUT2D eigenvalue weighted by Crippen LogP contribution is -2.30. The minimum Gasteiger partial charge on any atom is -0.495 e. The molecule has 130 valence electrons. The molecule has 1 aromatic rings. The van der Waals surface area contributed by atoms with Crippen LogP contribution in [0.25, 0.3) is 0 Å². The Bertz CT molecular complexity index is 693. The van der Waals surface area contributed by atoms with E-state index in [2.05, 4.69) is 0 Å². The number of rotatable bonds is 5. The smallest absolute Gasteiger partial charge is 0.308 e. The number of methoxy groups -OCH3 is 1. The fourth-order valence-electron chi connectivity index (χ4n) is 2.82. The molecular formula is C15H18N2O6S. The van der Waals surface area contributed by atoms with E-state index < -0.39 is 22.7 Å². The Balaban J connectivity index is 2.42. The molecule has 1 heterocycles.